The number of benzene rings is 1. The summed E-state index contributed by atoms with van der Waals surface area (Å²) in [5, 5.41) is 0. The van der Waals surface area contributed by atoms with E-state index in [4.69, 9.17) is 4.74 Å². The molecule has 0 unspecified atom stereocenters. The summed E-state index contributed by atoms with van der Waals surface area (Å²) < 4.78 is 5.29. The highest BCUT2D eigenvalue weighted by atomic mass is 16.5. The number of ether oxygens (including phenoxy) is 1. The molecule has 0 spiro atoms. The quantitative estimate of drug-likeness (QED) is 0.801. The van der Waals surface area contributed by atoms with Crippen LogP contribution in [0.15, 0.2) is 24.3 Å². The van der Waals surface area contributed by atoms with Crippen molar-refractivity contribution in [2.75, 3.05) is 26.3 Å². The lowest BCUT2D eigenvalue weighted by Crippen LogP contribution is -2.48. The summed E-state index contributed by atoms with van der Waals surface area (Å²) >= 11 is 0. The number of hydrogen-bond donors (Lipinski definition) is 0. The minimum absolute atomic E-state index is 0.189. The van der Waals surface area contributed by atoms with Gasteiger partial charge in [-0.25, -0.2) is 0 Å². The van der Waals surface area contributed by atoms with E-state index in [1.165, 1.54) is 5.56 Å². The average Bonchev–Trinajstić information content (AvgIpc) is 2.39. The number of amides is 1. The lowest BCUT2D eigenvalue weighted by atomic mass is 9.82. The van der Waals surface area contributed by atoms with E-state index in [-0.39, 0.29) is 5.91 Å². The first-order chi connectivity index (χ1) is 8.51. The molecule has 1 aliphatic rings. The van der Waals surface area contributed by atoms with E-state index in [0.29, 0.717) is 26.3 Å². The van der Waals surface area contributed by atoms with Gasteiger partial charge >= 0.3 is 0 Å². The van der Waals surface area contributed by atoms with Gasteiger partial charge in [-0.1, -0.05) is 29.8 Å². The van der Waals surface area contributed by atoms with Crippen molar-refractivity contribution < 1.29 is 9.53 Å². The largest absolute Gasteiger partial charge is 0.378 e. The summed E-state index contributed by atoms with van der Waals surface area (Å²) in [6.07, 6.45) is 0. The zero-order valence-corrected chi connectivity index (χ0v) is 11.4. The number of hydrogen-bond acceptors (Lipinski definition) is 2. The van der Waals surface area contributed by atoms with Crippen LogP contribution in [0.4, 0.5) is 0 Å². The first kappa shape index (κ1) is 13.1. The maximum absolute atomic E-state index is 12.6. The predicted octanol–water partition coefficient (Wildman–Crippen LogP) is 2.13. The van der Waals surface area contributed by atoms with Crippen LogP contribution in [0.1, 0.15) is 25.0 Å². The summed E-state index contributed by atoms with van der Waals surface area (Å²) in [6, 6.07) is 8.22. The van der Waals surface area contributed by atoms with Crippen LogP contribution in [0.2, 0.25) is 0 Å². The maximum atomic E-state index is 12.6. The molecule has 98 valence electrons. The molecule has 1 aliphatic heterocycles. The summed E-state index contributed by atoms with van der Waals surface area (Å²) in [5.41, 5.74) is 1.82. The molecule has 1 heterocycles. The van der Waals surface area contributed by atoms with Crippen molar-refractivity contribution in [3.63, 3.8) is 0 Å². The second-order valence-corrected chi connectivity index (χ2v) is 5.40. The molecular formula is C15H21NO2. The van der Waals surface area contributed by atoms with Crippen LogP contribution < -0.4 is 0 Å². The standard InChI is InChI=1S/C15H21NO2/c1-12-4-6-13(7-5-12)15(2,3)14(17)16-8-10-18-11-9-16/h4-7H,8-11H2,1-3H3. The molecule has 18 heavy (non-hydrogen) atoms. The van der Waals surface area contributed by atoms with E-state index in [9.17, 15) is 4.79 Å². The van der Waals surface area contributed by atoms with Crippen molar-refractivity contribution in [3.8, 4) is 0 Å². The Kier molecular flexibility index (Phi) is 3.71. The van der Waals surface area contributed by atoms with Gasteiger partial charge in [-0.2, -0.15) is 0 Å². The Morgan fingerprint density at radius 1 is 1.17 bits per heavy atom. The van der Waals surface area contributed by atoms with Crippen molar-refractivity contribution in [1.29, 1.82) is 0 Å². The minimum atomic E-state index is -0.467. The van der Waals surface area contributed by atoms with Crippen LogP contribution in [0.25, 0.3) is 0 Å². The van der Waals surface area contributed by atoms with E-state index in [1.807, 2.05) is 30.9 Å². The van der Waals surface area contributed by atoms with E-state index in [0.717, 1.165) is 5.56 Å². The third-order valence-electron chi connectivity index (χ3n) is 3.61. The zero-order chi connectivity index (χ0) is 13.2. The Morgan fingerprint density at radius 2 is 1.72 bits per heavy atom. The molecule has 1 aromatic carbocycles. The van der Waals surface area contributed by atoms with Gasteiger partial charge in [-0.3, -0.25) is 4.79 Å². The number of morpholine rings is 1. The molecule has 1 aromatic rings. The summed E-state index contributed by atoms with van der Waals surface area (Å²) in [7, 11) is 0. The fraction of sp³-hybridized carbons (Fsp3) is 0.533. The molecule has 0 N–H and O–H groups in total. The van der Waals surface area contributed by atoms with Gasteiger partial charge in [0, 0.05) is 13.1 Å². The van der Waals surface area contributed by atoms with Crippen molar-refractivity contribution in [3.05, 3.63) is 35.4 Å². The number of carbonyl (C=O) groups excluding carboxylic acids is 1. The van der Waals surface area contributed by atoms with E-state index >= 15 is 0 Å². The van der Waals surface area contributed by atoms with Gasteiger partial charge in [-0.05, 0) is 26.3 Å². The molecule has 0 aliphatic carbocycles. The number of nitrogens with zero attached hydrogens (tertiary/aromatic N) is 1. The van der Waals surface area contributed by atoms with E-state index < -0.39 is 5.41 Å². The van der Waals surface area contributed by atoms with Crippen molar-refractivity contribution in [2.24, 2.45) is 0 Å². The minimum Gasteiger partial charge on any atom is -0.378 e. The fourth-order valence-electron chi connectivity index (χ4n) is 2.26. The van der Waals surface area contributed by atoms with Crippen LogP contribution in [0, 0.1) is 6.92 Å². The second-order valence-electron chi connectivity index (χ2n) is 5.40. The topological polar surface area (TPSA) is 29.5 Å². The molecule has 0 saturated carbocycles. The normalized spacial score (nSPS) is 16.7. The molecule has 2 rings (SSSR count). The summed E-state index contributed by atoms with van der Waals surface area (Å²) in [4.78, 5) is 14.5. The molecule has 0 radical (unpaired) electrons. The SMILES string of the molecule is Cc1ccc(C(C)(C)C(=O)N2CCOCC2)cc1. The average molecular weight is 247 g/mol. The summed E-state index contributed by atoms with van der Waals surface area (Å²) in [5.74, 6) is 0.189. The van der Waals surface area contributed by atoms with Crippen molar-refractivity contribution >= 4 is 5.91 Å². The Balaban J connectivity index is 2.18. The molecular weight excluding hydrogens is 226 g/mol. The van der Waals surface area contributed by atoms with Crippen molar-refractivity contribution in [1.82, 2.24) is 4.90 Å². The van der Waals surface area contributed by atoms with Crippen molar-refractivity contribution in [2.45, 2.75) is 26.2 Å². The van der Waals surface area contributed by atoms with Gasteiger partial charge in [0.1, 0.15) is 0 Å². The van der Waals surface area contributed by atoms with E-state index in [1.54, 1.807) is 0 Å². The second kappa shape index (κ2) is 5.11. The Bertz CT molecular complexity index is 417. The van der Waals surface area contributed by atoms with E-state index in [2.05, 4.69) is 19.1 Å². The van der Waals surface area contributed by atoms with Crippen LogP contribution in [0.3, 0.4) is 0 Å². The van der Waals surface area contributed by atoms with Crippen LogP contribution >= 0.6 is 0 Å². The third-order valence-corrected chi connectivity index (χ3v) is 3.61. The highest BCUT2D eigenvalue weighted by molar-refractivity contribution is 5.87. The molecule has 1 saturated heterocycles. The number of carbonyl (C=O) groups is 1. The molecule has 1 amide bonds. The molecule has 0 aromatic heterocycles. The van der Waals surface area contributed by atoms with Gasteiger partial charge in [0.15, 0.2) is 0 Å². The van der Waals surface area contributed by atoms with Gasteiger partial charge < -0.3 is 9.64 Å². The first-order valence-electron chi connectivity index (χ1n) is 6.46. The Morgan fingerprint density at radius 3 is 2.28 bits per heavy atom. The molecule has 0 atom stereocenters. The lowest BCUT2D eigenvalue weighted by molar-refractivity contribution is -0.140. The zero-order valence-electron chi connectivity index (χ0n) is 11.4. The fourth-order valence-corrected chi connectivity index (χ4v) is 2.26. The molecule has 3 nitrogen and oxygen atoms in total. The smallest absolute Gasteiger partial charge is 0.232 e. The Labute approximate surface area is 109 Å². The van der Waals surface area contributed by atoms with Gasteiger partial charge in [0.2, 0.25) is 5.91 Å². The molecule has 0 bridgehead atoms. The maximum Gasteiger partial charge on any atom is 0.232 e. The van der Waals surface area contributed by atoms with Gasteiger partial charge in [0.25, 0.3) is 0 Å². The number of aryl methyl sites for hydroxylation is 1. The van der Waals surface area contributed by atoms with Gasteiger partial charge in [0.05, 0.1) is 18.6 Å². The lowest BCUT2D eigenvalue weighted by Gasteiger charge is -2.34. The molecule has 1 fully saturated rings. The highest BCUT2D eigenvalue weighted by Crippen LogP contribution is 2.26. The highest BCUT2D eigenvalue weighted by Gasteiger charge is 2.34. The number of rotatable bonds is 2. The molecule has 3 heteroatoms. The van der Waals surface area contributed by atoms with Crippen LogP contribution in [-0.4, -0.2) is 37.1 Å². The predicted molar refractivity (Wildman–Crippen MR) is 71.6 cm³/mol. The summed E-state index contributed by atoms with van der Waals surface area (Å²) in [6.45, 7) is 8.75. The first-order valence-corrected chi connectivity index (χ1v) is 6.46. The van der Waals surface area contributed by atoms with Crippen LogP contribution in [-0.2, 0) is 14.9 Å². The van der Waals surface area contributed by atoms with Gasteiger partial charge in [-0.15, -0.1) is 0 Å². The Hall–Kier alpha value is -1.35. The van der Waals surface area contributed by atoms with Crippen LogP contribution in [0.5, 0.6) is 0 Å². The third kappa shape index (κ3) is 2.56. The monoisotopic (exact) mass is 247 g/mol.